The molecule has 0 saturated heterocycles. The van der Waals surface area contributed by atoms with Crippen molar-refractivity contribution in [1.82, 2.24) is 4.90 Å². The second-order valence-electron chi connectivity index (χ2n) is 8.09. The Kier molecular flexibility index (Phi) is 8.71. The Morgan fingerprint density at radius 1 is 1.06 bits per heavy atom. The molecular weight excluding hydrogens is 401 g/mol. The molecule has 0 heterocycles. The Hall–Kier alpha value is -2.77. The number of carbonyl (C=O) groups is 2. The van der Waals surface area contributed by atoms with E-state index < -0.39 is 17.5 Å². The van der Waals surface area contributed by atoms with E-state index >= 15 is 0 Å². The van der Waals surface area contributed by atoms with Gasteiger partial charge in [-0.2, -0.15) is 0 Å². The lowest BCUT2D eigenvalue weighted by Crippen LogP contribution is -2.34. The molecule has 6 nitrogen and oxygen atoms in total. The summed E-state index contributed by atoms with van der Waals surface area (Å²) in [7, 11) is 4.12. The smallest absolute Gasteiger partial charge is 0.414 e. The van der Waals surface area contributed by atoms with Crippen molar-refractivity contribution in [2.75, 3.05) is 20.6 Å². The number of aryl methyl sites for hydroxylation is 1. The van der Waals surface area contributed by atoms with Gasteiger partial charge in [-0.25, -0.2) is 14.0 Å². The molecule has 2 aromatic carbocycles. The summed E-state index contributed by atoms with van der Waals surface area (Å²) >= 11 is 0. The number of rotatable bonds is 5. The molecule has 0 bridgehead atoms. The number of aliphatic carboxylic acids is 2. The van der Waals surface area contributed by atoms with Crippen LogP contribution in [0.15, 0.2) is 48.5 Å². The van der Waals surface area contributed by atoms with Crippen molar-refractivity contribution in [3.63, 3.8) is 0 Å². The van der Waals surface area contributed by atoms with Gasteiger partial charge in [0.1, 0.15) is 5.82 Å². The maximum absolute atomic E-state index is 13.4. The Balaban J connectivity index is 0.000000501. The van der Waals surface area contributed by atoms with Crippen molar-refractivity contribution in [3.05, 3.63) is 71.0 Å². The molecule has 31 heavy (non-hydrogen) atoms. The molecule has 0 saturated carbocycles. The summed E-state index contributed by atoms with van der Waals surface area (Å²) in [6, 6.07) is 15.0. The third-order valence-corrected chi connectivity index (χ3v) is 5.62. The van der Waals surface area contributed by atoms with E-state index in [1.54, 1.807) is 0 Å². The molecule has 3 N–H and O–H groups in total. The van der Waals surface area contributed by atoms with Gasteiger partial charge in [0, 0.05) is 5.92 Å². The van der Waals surface area contributed by atoms with Crippen LogP contribution in [0.1, 0.15) is 48.3 Å². The van der Waals surface area contributed by atoms with Crippen LogP contribution in [0.2, 0.25) is 0 Å². The number of benzene rings is 2. The van der Waals surface area contributed by atoms with Gasteiger partial charge in [0.25, 0.3) is 0 Å². The predicted molar refractivity (Wildman–Crippen MR) is 115 cm³/mol. The van der Waals surface area contributed by atoms with Crippen LogP contribution in [0.3, 0.4) is 0 Å². The summed E-state index contributed by atoms with van der Waals surface area (Å²) in [4.78, 5) is 20.4. The summed E-state index contributed by atoms with van der Waals surface area (Å²) in [5.41, 5.74) is 2.44. The number of carboxylic acids is 2. The monoisotopic (exact) mass is 431 g/mol. The van der Waals surface area contributed by atoms with Crippen LogP contribution in [0, 0.1) is 5.82 Å². The van der Waals surface area contributed by atoms with Gasteiger partial charge in [-0.1, -0.05) is 36.4 Å². The minimum Gasteiger partial charge on any atom is -0.473 e. The van der Waals surface area contributed by atoms with Crippen molar-refractivity contribution >= 4 is 11.9 Å². The average Bonchev–Trinajstić information content (AvgIpc) is 2.86. The van der Waals surface area contributed by atoms with Crippen LogP contribution in [-0.4, -0.2) is 52.8 Å². The number of hydrogen-bond donors (Lipinski definition) is 3. The summed E-state index contributed by atoms with van der Waals surface area (Å²) in [6.07, 6.45) is 4.58. The van der Waals surface area contributed by atoms with Gasteiger partial charge in [-0.05, 0) is 81.6 Å². The van der Waals surface area contributed by atoms with Gasteiger partial charge in [0.05, 0.1) is 5.60 Å². The molecule has 7 heteroatoms. The first-order chi connectivity index (χ1) is 14.6. The molecule has 2 atom stereocenters. The lowest BCUT2D eigenvalue weighted by Gasteiger charge is -2.37. The number of hydrogen-bond acceptors (Lipinski definition) is 4. The highest BCUT2D eigenvalue weighted by atomic mass is 19.1. The summed E-state index contributed by atoms with van der Waals surface area (Å²) in [5.74, 6) is -3.88. The van der Waals surface area contributed by atoms with Crippen LogP contribution in [0.4, 0.5) is 4.39 Å². The van der Waals surface area contributed by atoms with Gasteiger partial charge in [-0.3, -0.25) is 0 Å². The normalized spacial score (nSPS) is 20.2. The van der Waals surface area contributed by atoms with Crippen LogP contribution < -0.4 is 0 Å². The van der Waals surface area contributed by atoms with Gasteiger partial charge in [0.2, 0.25) is 0 Å². The molecule has 0 radical (unpaired) electrons. The van der Waals surface area contributed by atoms with Gasteiger partial charge < -0.3 is 20.2 Å². The molecule has 2 aromatic rings. The predicted octanol–water partition coefficient (Wildman–Crippen LogP) is 3.63. The second-order valence-corrected chi connectivity index (χ2v) is 8.09. The first kappa shape index (κ1) is 24.5. The first-order valence-corrected chi connectivity index (χ1v) is 10.3. The zero-order valence-electron chi connectivity index (χ0n) is 17.9. The Bertz CT molecular complexity index is 872. The Labute approximate surface area is 181 Å². The SMILES string of the molecule is CN(C)CCC[C@]1(O)c2ccccc2CCC[C@H]1c1ccc(F)cc1.O=C(O)C(=O)O. The van der Waals surface area contributed by atoms with E-state index in [0.29, 0.717) is 6.42 Å². The Morgan fingerprint density at radius 2 is 1.68 bits per heavy atom. The molecule has 0 fully saturated rings. The fourth-order valence-electron chi connectivity index (χ4n) is 4.19. The molecule has 168 valence electrons. The van der Waals surface area contributed by atoms with Crippen molar-refractivity contribution in [2.24, 2.45) is 0 Å². The van der Waals surface area contributed by atoms with Crippen molar-refractivity contribution < 1.29 is 29.3 Å². The molecule has 1 aliphatic rings. The summed E-state index contributed by atoms with van der Waals surface area (Å²) in [5, 5.41) is 26.7. The van der Waals surface area contributed by atoms with E-state index in [2.05, 4.69) is 37.2 Å². The van der Waals surface area contributed by atoms with Crippen LogP contribution in [0.5, 0.6) is 0 Å². The number of aliphatic hydroxyl groups is 1. The van der Waals surface area contributed by atoms with Gasteiger partial charge in [0.15, 0.2) is 0 Å². The zero-order valence-corrected chi connectivity index (χ0v) is 17.9. The Morgan fingerprint density at radius 3 is 2.26 bits per heavy atom. The van der Waals surface area contributed by atoms with E-state index in [4.69, 9.17) is 19.8 Å². The number of fused-ring (bicyclic) bond motifs is 1. The lowest BCUT2D eigenvalue weighted by molar-refractivity contribution is -0.159. The highest BCUT2D eigenvalue weighted by Crippen LogP contribution is 2.47. The number of nitrogens with zero attached hydrogens (tertiary/aromatic N) is 1. The summed E-state index contributed by atoms with van der Waals surface area (Å²) in [6.45, 7) is 0.945. The van der Waals surface area contributed by atoms with Crippen molar-refractivity contribution in [1.29, 1.82) is 0 Å². The number of halogens is 1. The molecule has 0 aromatic heterocycles. The van der Waals surface area contributed by atoms with Gasteiger partial charge >= 0.3 is 11.9 Å². The van der Waals surface area contributed by atoms with Crippen LogP contribution in [-0.2, 0) is 21.6 Å². The largest absolute Gasteiger partial charge is 0.473 e. The van der Waals surface area contributed by atoms with Crippen LogP contribution >= 0.6 is 0 Å². The highest BCUT2D eigenvalue weighted by Gasteiger charge is 2.41. The number of carboxylic acid groups (broad SMARTS) is 2. The second kappa shape index (κ2) is 11.0. The minimum absolute atomic E-state index is 0.00101. The van der Waals surface area contributed by atoms with Crippen molar-refractivity contribution in [3.8, 4) is 0 Å². The van der Waals surface area contributed by atoms with E-state index in [0.717, 1.165) is 43.4 Å². The maximum Gasteiger partial charge on any atom is 0.414 e. The van der Waals surface area contributed by atoms with Gasteiger partial charge in [-0.15, -0.1) is 0 Å². The fraction of sp³-hybridized carbons (Fsp3) is 0.417. The third kappa shape index (κ3) is 6.60. The van der Waals surface area contributed by atoms with E-state index in [1.165, 1.54) is 17.7 Å². The summed E-state index contributed by atoms with van der Waals surface area (Å²) < 4.78 is 13.4. The molecule has 3 rings (SSSR count). The fourth-order valence-corrected chi connectivity index (χ4v) is 4.19. The quantitative estimate of drug-likeness (QED) is 0.494. The van der Waals surface area contributed by atoms with Crippen molar-refractivity contribution in [2.45, 2.75) is 43.6 Å². The highest BCUT2D eigenvalue weighted by molar-refractivity contribution is 6.27. The first-order valence-electron chi connectivity index (χ1n) is 10.3. The lowest BCUT2D eigenvalue weighted by atomic mass is 9.73. The van der Waals surface area contributed by atoms with E-state index in [1.807, 2.05) is 18.2 Å². The molecule has 0 aliphatic heterocycles. The zero-order chi connectivity index (χ0) is 23.0. The third-order valence-electron chi connectivity index (χ3n) is 5.62. The molecule has 0 amide bonds. The van der Waals surface area contributed by atoms with Crippen LogP contribution in [0.25, 0.3) is 0 Å². The average molecular weight is 432 g/mol. The minimum atomic E-state index is -1.82. The molecular formula is C24H30FNO5. The molecule has 0 unspecified atom stereocenters. The maximum atomic E-state index is 13.4. The molecule has 0 spiro atoms. The standard InChI is InChI=1S/C22H28FNO.C2H2O4/c1-24(2)16-6-15-22(25)20-9-4-3-7-17(20)8-5-10-21(22)18-11-13-19(23)14-12-18;3-1(4)2(5)6/h3-4,7,9,11-14,21,25H,5-6,8,10,15-16H2,1-2H3;(H,3,4)(H,5,6)/t21-,22-;/m0./s1. The molecule has 1 aliphatic carbocycles. The van der Waals surface area contributed by atoms with E-state index in [-0.39, 0.29) is 11.7 Å². The van der Waals surface area contributed by atoms with E-state index in [9.17, 15) is 9.50 Å². The topological polar surface area (TPSA) is 98.1 Å².